The van der Waals surface area contributed by atoms with Gasteiger partial charge < -0.3 is 15.4 Å². The van der Waals surface area contributed by atoms with E-state index in [1.807, 2.05) is 12.1 Å². The lowest BCUT2D eigenvalue weighted by atomic mass is 9.84. The smallest absolute Gasteiger partial charge is 0.220 e. The van der Waals surface area contributed by atoms with Crippen LogP contribution in [-0.2, 0) is 11.3 Å². The number of rotatable bonds is 7. The van der Waals surface area contributed by atoms with Crippen LogP contribution in [0, 0.1) is 11.8 Å². The Hall–Kier alpha value is -2.04. The molecule has 0 aromatic heterocycles. The number of carbonyl (C=O) groups excluding carboxylic acids is 1. The van der Waals surface area contributed by atoms with E-state index in [4.69, 9.17) is 4.74 Å². The standard InChI is InChI=1S/C23H30N2O2.ClH/c1-17(19-11-13-24-14-12-19)15-23(26)25-16-18-3-5-20(6-4-18)21-7-9-22(27-2)10-8-21;/h3-10,17,19,24H,11-16H2,1-2H3,(H,25,26);1H. The molecule has 1 atom stereocenters. The van der Waals surface area contributed by atoms with Crippen molar-refractivity contribution in [2.75, 3.05) is 20.2 Å². The Bertz CT molecular complexity index is 725. The van der Waals surface area contributed by atoms with Crippen LogP contribution in [-0.4, -0.2) is 26.1 Å². The van der Waals surface area contributed by atoms with Crippen LogP contribution in [0.4, 0.5) is 0 Å². The topological polar surface area (TPSA) is 50.4 Å². The quantitative estimate of drug-likeness (QED) is 0.720. The number of benzene rings is 2. The van der Waals surface area contributed by atoms with E-state index in [0.717, 1.165) is 35.5 Å². The van der Waals surface area contributed by atoms with Gasteiger partial charge in [0, 0.05) is 13.0 Å². The largest absolute Gasteiger partial charge is 0.497 e. The molecule has 1 aliphatic rings. The van der Waals surface area contributed by atoms with Crippen molar-refractivity contribution >= 4 is 18.3 Å². The van der Waals surface area contributed by atoms with Gasteiger partial charge in [0.25, 0.3) is 0 Å². The van der Waals surface area contributed by atoms with Crippen molar-refractivity contribution in [3.63, 3.8) is 0 Å². The second kappa shape index (κ2) is 11.1. The number of hydrogen-bond acceptors (Lipinski definition) is 3. The van der Waals surface area contributed by atoms with Crippen molar-refractivity contribution in [3.8, 4) is 16.9 Å². The van der Waals surface area contributed by atoms with Crippen molar-refractivity contribution in [3.05, 3.63) is 54.1 Å². The molecule has 2 aromatic carbocycles. The third-order valence-electron chi connectivity index (χ3n) is 5.56. The number of hydrogen-bond donors (Lipinski definition) is 2. The molecule has 1 heterocycles. The van der Waals surface area contributed by atoms with Crippen LogP contribution in [0.1, 0.15) is 31.7 Å². The number of ether oxygens (including phenoxy) is 1. The lowest BCUT2D eigenvalue weighted by Gasteiger charge is -2.27. The first kappa shape index (κ1) is 22.3. The molecule has 1 unspecified atom stereocenters. The summed E-state index contributed by atoms with van der Waals surface area (Å²) in [7, 11) is 1.67. The summed E-state index contributed by atoms with van der Waals surface area (Å²) in [5.41, 5.74) is 3.43. The van der Waals surface area contributed by atoms with E-state index in [-0.39, 0.29) is 18.3 Å². The molecular weight excluding hydrogens is 372 g/mol. The highest BCUT2D eigenvalue weighted by molar-refractivity contribution is 5.85. The predicted molar refractivity (Wildman–Crippen MR) is 117 cm³/mol. The van der Waals surface area contributed by atoms with Crippen LogP contribution in [0.25, 0.3) is 11.1 Å². The van der Waals surface area contributed by atoms with Gasteiger partial charge in [-0.05, 0) is 66.6 Å². The van der Waals surface area contributed by atoms with Crippen LogP contribution in [0.3, 0.4) is 0 Å². The Labute approximate surface area is 174 Å². The molecule has 2 N–H and O–H groups in total. The monoisotopic (exact) mass is 402 g/mol. The maximum atomic E-state index is 12.3. The molecule has 28 heavy (non-hydrogen) atoms. The fourth-order valence-corrected chi connectivity index (χ4v) is 3.74. The maximum Gasteiger partial charge on any atom is 0.220 e. The van der Waals surface area contributed by atoms with Crippen LogP contribution in [0.5, 0.6) is 5.75 Å². The van der Waals surface area contributed by atoms with Crippen LogP contribution in [0.15, 0.2) is 48.5 Å². The summed E-state index contributed by atoms with van der Waals surface area (Å²) in [6.45, 7) is 4.95. The van der Waals surface area contributed by atoms with E-state index in [1.54, 1.807) is 7.11 Å². The number of halogens is 1. The van der Waals surface area contributed by atoms with Crippen molar-refractivity contribution < 1.29 is 9.53 Å². The normalized spacial score (nSPS) is 15.4. The first-order chi connectivity index (χ1) is 13.2. The average molecular weight is 403 g/mol. The van der Waals surface area contributed by atoms with E-state index < -0.39 is 0 Å². The Balaban J connectivity index is 0.00000280. The number of methoxy groups -OCH3 is 1. The number of carbonyl (C=O) groups is 1. The molecule has 0 spiro atoms. The molecule has 4 nitrogen and oxygen atoms in total. The first-order valence-electron chi connectivity index (χ1n) is 9.86. The summed E-state index contributed by atoms with van der Waals surface area (Å²) < 4.78 is 5.20. The van der Waals surface area contributed by atoms with Crippen molar-refractivity contribution in [2.24, 2.45) is 11.8 Å². The van der Waals surface area contributed by atoms with E-state index in [9.17, 15) is 4.79 Å². The summed E-state index contributed by atoms with van der Waals surface area (Å²) in [6, 6.07) is 16.4. The minimum atomic E-state index is 0. The molecule has 1 amide bonds. The van der Waals surface area contributed by atoms with Crippen molar-refractivity contribution in [1.82, 2.24) is 10.6 Å². The summed E-state index contributed by atoms with van der Waals surface area (Å²) in [4.78, 5) is 12.3. The molecule has 0 aliphatic carbocycles. The zero-order valence-electron chi connectivity index (χ0n) is 16.7. The second-order valence-electron chi connectivity index (χ2n) is 7.47. The lowest BCUT2D eigenvalue weighted by molar-refractivity contribution is -0.122. The van der Waals surface area contributed by atoms with E-state index in [0.29, 0.717) is 24.8 Å². The molecule has 1 saturated heterocycles. The molecule has 1 fully saturated rings. The minimum Gasteiger partial charge on any atom is -0.497 e. The molecule has 1 aliphatic heterocycles. The van der Waals surface area contributed by atoms with Gasteiger partial charge in [-0.1, -0.05) is 43.3 Å². The molecular formula is C23H31ClN2O2. The Kier molecular flexibility index (Phi) is 8.81. The van der Waals surface area contributed by atoms with Gasteiger partial charge >= 0.3 is 0 Å². The van der Waals surface area contributed by atoms with Crippen LogP contribution >= 0.6 is 12.4 Å². The Morgan fingerprint density at radius 3 is 2.21 bits per heavy atom. The highest BCUT2D eigenvalue weighted by atomic mass is 35.5. The summed E-state index contributed by atoms with van der Waals surface area (Å²) in [5.74, 6) is 2.13. The number of nitrogens with one attached hydrogen (secondary N) is 2. The van der Waals surface area contributed by atoms with Crippen molar-refractivity contribution in [2.45, 2.75) is 32.7 Å². The fraction of sp³-hybridized carbons (Fsp3) is 0.435. The average Bonchev–Trinajstić information content (AvgIpc) is 2.73. The van der Waals surface area contributed by atoms with Crippen molar-refractivity contribution in [1.29, 1.82) is 0 Å². The van der Waals surface area contributed by atoms with Crippen LogP contribution in [0.2, 0.25) is 0 Å². The Morgan fingerprint density at radius 2 is 1.64 bits per heavy atom. The molecule has 152 valence electrons. The fourth-order valence-electron chi connectivity index (χ4n) is 3.74. The van der Waals surface area contributed by atoms with Gasteiger partial charge in [-0.15, -0.1) is 12.4 Å². The zero-order chi connectivity index (χ0) is 19.1. The number of amides is 1. The molecule has 0 bridgehead atoms. The van der Waals surface area contributed by atoms with Gasteiger partial charge in [0.1, 0.15) is 5.75 Å². The zero-order valence-corrected chi connectivity index (χ0v) is 17.6. The Morgan fingerprint density at radius 1 is 1.07 bits per heavy atom. The first-order valence-corrected chi connectivity index (χ1v) is 9.86. The molecule has 0 radical (unpaired) electrons. The third kappa shape index (κ3) is 6.25. The highest BCUT2D eigenvalue weighted by Crippen LogP contribution is 2.25. The SMILES string of the molecule is COc1ccc(-c2ccc(CNC(=O)CC(C)C3CCNCC3)cc2)cc1.Cl. The predicted octanol–water partition coefficient (Wildman–Crippen LogP) is 4.43. The van der Waals surface area contributed by atoms with Gasteiger partial charge in [0.05, 0.1) is 7.11 Å². The molecule has 3 rings (SSSR count). The molecule has 0 saturated carbocycles. The second-order valence-corrected chi connectivity index (χ2v) is 7.47. The molecule has 5 heteroatoms. The van der Waals surface area contributed by atoms with Crippen LogP contribution < -0.4 is 15.4 Å². The van der Waals surface area contributed by atoms with Gasteiger partial charge in [-0.3, -0.25) is 4.79 Å². The van der Waals surface area contributed by atoms with Gasteiger partial charge in [0.2, 0.25) is 5.91 Å². The summed E-state index contributed by atoms with van der Waals surface area (Å²) >= 11 is 0. The van der Waals surface area contributed by atoms with Gasteiger partial charge in [-0.2, -0.15) is 0 Å². The summed E-state index contributed by atoms with van der Waals surface area (Å²) in [5, 5.41) is 6.46. The minimum absolute atomic E-state index is 0. The van der Waals surface area contributed by atoms with Gasteiger partial charge in [0.15, 0.2) is 0 Å². The summed E-state index contributed by atoms with van der Waals surface area (Å²) in [6.07, 6.45) is 2.98. The maximum absolute atomic E-state index is 12.3. The van der Waals surface area contributed by atoms with E-state index in [1.165, 1.54) is 12.8 Å². The van der Waals surface area contributed by atoms with Gasteiger partial charge in [-0.25, -0.2) is 0 Å². The van der Waals surface area contributed by atoms with E-state index in [2.05, 4.69) is 54.0 Å². The highest BCUT2D eigenvalue weighted by Gasteiger charge is 2.21. The molecule has 2 aromatic rings. The number of piperidine rings is 1. The third-order valence-corrected chi connectivity index (χ3v) is 5.56. The van der Waals surface area contributed by atoms with E-state index >= 15 is 0 Å². The lowest BCUT2D eigenvalue weighted by Crippen LogP contribution is -2.33.